The Hall–Kier alpha value is -1.63. The fourth-order valence-corrected chi connectivity index (χ4v) is 1.20. The van der Waals surface area contributed by atoms with Gasteiger partial charge in [-0.05, 0) is 18.1 Å². The van der Waals surface area contributed by atoms with Crippen LogP contribution in [0, 0.1) is 0 Å². The maximum Gasteiger partial charge on any atom is 0.124 e. The van der Waals surface area contributed by atoms with Crippen molar-refractivity contribution in [3.05, 3.63) is 53.6 Å². The molecule has 0 saturated heterocycles. The number of allylic oxidation sites excluding steroid dienone is 3. The van der Waals surface area contributed by atoms with Crippen molar-refractivity contribution in [2.45, 2.75) is 13.3 Å². The van der Waals surface area contributed by atoms with Crippen LogP contribution in [0.5, 0.6) is 0 Å². The van der Waals surface area contributed by atoms with Crippen LogP contribution in [-0.2, 0) is 11.2 Å². The molecule has 0 bridgehead atoms. The highest BCUT2D eigenvalue weighted by Gasteiger charge is 1.91. The molecule has 0 N–H and O–H groups in total. The molecule has 0 fully saturated rings. The lowest BCUT2D eigenvalue weighted by molar-refractivity contribution is -0.107. The van der Waals surface area contributed by atoms with Crippen LogP contribution >= 0.6 is 0 Å². The number of benzene rings is 1. The summed E-state index contributed by atoms with van der Waals surface area (Å²) in [7, 11) is 0. The summed E-state index contributed by atoms with van der Waals surface area (Å²) in [5, 5.41) is 0. The van der Waals surface area contributed by atoms with E-state index in [2.05, 4.69) is 0 Å². The lowest BCUT2D eigenvalue weighted by Crippen LogP contribution is -1.85. The van der Waals surface area contributed by atoms with Crippen LogP contribution < -0.4 is 0 Å². The summed E-state index contributed by atoms with van der Waals surface area (Å²) >= 11 is 0. The van der Waals surface area contributed by atoms with Gasteiger partial charge in [0.25, 0.3) is 0 Å². The summed E-state index contributed by atoms with van der Waals surface area (Å²) in [5.74, 6) is 0. The van der Waals surface area contributed by atoms with E-state index in [-0.39, 0.29) is 0 Å². The van der Waals surface area contributed by atoms with Gasteiger partial charge >= 0.3 is 0 Å². The zero-order valence-electron chi connectivity index (χ0n) is 8.31. The van der Waals surface area contributed by atoms with Gasteiger partial charge < -0.3 is 4.79 Å². The maximum atomic E-state index is 10.3. The van der Waals surface area contributed by atoms with Crippen molar-refractivity contribution >= 4 is 12.4 Å². The van der Waals surface area contributed by atoms with E-state index in [9.17, 15) is 4.79 Å². The molecule has 0 radical (unpaired) electrons. The Bertz CT molecular complexity index is 348. The van der Waals surface area contributed by atoms with Gasteiger partial charge in [-0.3, -0.25) is 0 Å². The van der Waals surface area contributed by atoms with Gasteiger partial charge in [-0.25, -0.2) is 0 Å². The van der Waals surface area contributed by atoms with Crippen LogP contribution in [-0.4, -0.2) is 6.29 Å². The zero-order valence-corrected chi connectivity index (χ0v) is 8.31. The Morgan fingerprint density at radius 2 is 2.14 bits per heavy atom. The van der Waals surface area contributed by atoms with E-state index < -0.39 is 0 Å². The number of aldehydes is 1. The van der Waals surface area contributed by atoms with E-state index in [1.165, 1.54) is 0 Å². The van der Waals surface area contributed by atoms with Crippen LogP contribution in [0.1, 0.15) is 18.1 Å². The smallest absolute Gasteiger partial charge is 0.124 e. The number of hydrogen-bond donors (Lipinski definition) is 0. The van der Waals surface area contributed by atoms with Gasteiger partial charge in [-0.15, -0.1) is 0 Å². The lowest BCUT2D eigenvalue weighted by atomic mass is 10.1. The Kier molecular flexibility index (Phi) is 4.42. The van der Waals surface area contributed by atoms with E-state index in [0.29, 0.717) is 6.42 Å². The molecule has 1 nitrogen and oxygen atoms in total. The Morgan fingerprint density at radius 1 is 1.29 bits per heavy atom. The van der Waals surface area contributed by atoms with E-state index in [1.54, 1.807) is 0 Å². The average molecular weight is 186 g/mol. The summed E-state index contributed by atoms with van der Waals surface area (Å²) in [5.41, 5.74) is 2.19. The fraction of sp³-hybridized carbons (Fsp3) is 0.154. The van der Waals surface area contributed by atoms with E-state index >= 15 is 0 Å². The third kappa shape index (κ3) is 3.40. The highest BCUT2D eigenvalue weighted by atomic mass is 16.1. The molecule has 0 aliphatic carbocycles. The second-order valence-electron chi connectivity index (χ2n) is 3.00. The predicted octanol–water partition coefficient (Wildman–Crippen LogP) is 3.02. The standard InChI is InChI=1S/C13H14O/c1-2-3-4-6-12-7-5-8-13(11-12)9-10-14/h2-8,10-11H,9H2,1H3/b3-2-,6-4-. The first-order valence-electron chi connectivity index (χ1n) is 4.68. The molecule has 1 aromatic carbocycles. The number of rotatable bonds is 4. The van der Waals surface area contributed by atoms with Gasteiger partial charge in [-0.2, -0.15) is 0 Å². The van der Waals surface area contributed by atoms with Crippen molar-refractivity contribution < 1.29 is 4.79 Å². The Balaban J connectivity index is 2.77. The third-order valence-corrected chi connectivity index (χ3v) is 1.86. The van der Waals surface area contributed by atoms with Crippen molar-refractivity contribution in [2.24, 2.45) is 0 Å². The molecule has 1 rings (SSSR count). The second kappa shape index (κ2) is 5.92. The molecular formula is C13H14O. The summed E-state index contributed by atoms with van der Waals surface area (Å²) in [6.45, 7) is 1.98. The topological polar surface area (TPSA) is 17.1 Å². The van der Waals surface area contributed by atoms with Crippen molar-refractivity contribution in [3.63, 3.8) is 0 Å². The van der Waals surface area contributed by atoms with E-state index in [0.717, 1.165) is 17.4 Å². The first-order valence-corrected chi connectivity index (χ1v) is 4.68. The predicted molar refractivity (Wildman–Crippen MR) is 60.1 cm³/mol. The van der Waals surface area contributed by atoms with Gasteiger partial charge in [0.15, 0.2) is 0 Å². The van der Waals surface area contributed by atoms with Crippen LogP contribution in [0.15, 0.2) is 42.5 Å². The Morgan fingerprint density at radius 3 is 2.86 bits per heavy atom. The van der Waals surface area contributed by atoms with E-state index in [1.807, 2.05) is 55.5 Å². The van der Waals surface area contributed by atoms with Gasteiger partial charge in [0.1, 0.15) is 6.29 Å². The summed E-state index contributed by atoms with van der Waals surface area (Å²) in [6.07, 6.45) is 9.38. The summed E-state index contributed by atoms with van der Waals surface area (Å²) in [6, 6.07) is 7.97. The molecule has 0 aliphatic rings. The first-order chi connectivity index (χ1) is 6.86. The first kappa shape index (κ1) is 10.5. The van der Waals surface area contributed by atoms with Gasteiger partial charge in [0, 0.05) is 6.42 Å². The minimum Gasteiger partial charge on any atom is -0.303 e. The average Bonchev–Trinajstić information content (AvgIpc) is 2.19. The molecule has 0 aliphatic heterocycles. The molecule has 0 aromatic heterocycles. The number of carbonyl (C=O) groups excluding carboxylic acids is 1. The summed E-state index contributed by atoms with van der Waals surface area (Å²) in [4.78, 5) is 10.3. The quantitative estimate of drug-likeness (QED) is 0.522. The van der Waals surface area contributed by atoms with Gasteiger partial charge in [0.05, 0.1) is 0 Å². The monoisotopic (exact) mass is 186 g/mol. The van der Waals surface area contributed by atoms with Crippen LogP contribution in [0.3, 0.4) is 0 Å². The van der Waals surface area contributed by atoms with Gasteiger partial charge in [0.2, 0.25) is 0 Å². The maximum absolute atomic E-state index is 10.3. The number of carbonyl (C=O) groups is 1. The largest absolute Gasteiger partial charge is 0.303 e. The molecular weight excluding hydrogens is 172 g/mol. The normalized spacial score (nSPS) is 11.2. The molecule has 1 aromatic rings. The summed E-state index contributed by atoms with van der Waals surface area (Å²) < 4.78 is 0. The minimum absolute atomic E-state index is 0.491. The fourth-order valence-electron chi connectivity index (χ4n) is 1.20. The van der Waals surface area contributed by atoms with Crippen LogP contribution in [0.2, 0.25) is 0 Å². The van der Waals surface area contributed by atoms with Crippen molar-refractivity contribution in [1.29, 1.82) is 0 Å². The molecule has 14 heavy (non-hydrogen) atoms. The van der Waals surface area contributed by atoms with E-state index in [4.69, 9.17) is 0 Å². The lowest BCUT2D eigenvalue weighted by Gasteiger charge is -1.96. The van der Waals surface area contributed by atoms with Crippen molar-refractivity contribution in [3.8, 4) is 0 Å². The van der Waals surface area contributed by atoms with Crippen LogP contribution in [0.4, 0.5) is 0 Å². The SMILES string of the molecule is C/C=C\C=C/c1cccc(CC=O)c1. The molecule has 0 atom stereocenters. The zero-order chi connectivity index (χ0) is 10.2. The van der Waals surface area contributed by atoms with Gasteiger partial charge in [-0.1, -0.05) is 48.6 Å². The molecule has 0 saturated carbocycles. The highest BCUT2D eigenvalue weighted by molar-refractivity contribution is 5.58. The van der Waals surface area contributed by atoms with Crippen molar-refractivity contribution in [2.75, 3.05) is 0 Å². The molecule has 0 heterocycles. The van der Waals surface area contributed by atoms with Crippen molar-refractivity contribution in [1.82, 2.24) is 0 Å². The molecule has 72 valence electrons. The number of hydrogen-bond acceptors (Lipinski definition) is 1. The molecule has 0 unspecified atom stereocenters. The second-order valence-corrected chi connectivity index (χ2v) is 3.00. The molecule has 0 amide bonds. The molecule has 1 heteroatoms. The minimum atomic E-state index is 0.491. The Labute approximate surface area is 84.8 Å². The third-order valence-electron chi connectivity index (χ3n) is 1.86. The highest BCUT2D eigenvalue weighted by Crippen LogP contribution is 2.07. The van der Waals surface area contributed by atoms with Crippen LogP contribution in [0.25, 0.3) is 6.08 Å². The molecule has 0 spiro atoms.